The first kappa shape index (κ1) is 16.7. The molecule has 0 saturated carbocycles. The molecule has 1 heterocycles. The molecule has 1 atom stereocenters. The fourth-order valence-electron chi connectivity index (χ4n) is 3.58. The minimum atomic E-state index is -0.337. The van der Waals surface area contributed by atoms with E-state index in [9.17, 15) is 9.59 Å². The van der Waals surface area contributed by atoms with Crippen LogP contribution >= 0.6 is 0 Å². The second-order valence-electron chi connectivity index (χ2n) is 6.70. The fourth-order valence-corrected chi connectivity index (χ4v) is 3.58. The number of likely N-dealkylation sites (tertiary alicyclic amines) is 1. The average Bonchev–Trinajstić information content (AvgIpc) is 2.67. The number of nitrogens with one attached hydrogen (secondary N) is 1. The van der Waals surface area contributed by atoms with Crippen LogP contribution in [0.4, 0.5) is 0 Å². The Morgan fingerprint density at radius 3 is 2.67 bits per heavy atom. The maximum absolute atomic E-state index is 12.8. The zero-order chi connectivity index (χ0) is 16.8. The molecule has 0 unspecified atom stereocenters. The number of hydrogen-bond donors (Lipinski definition) is 1. The SMILES string of the molecule is O=C(NCC1=CCCCC1)[C@@H]1CCCCN1C(=O)c1ccccc1. The molecular weight excluding hydrogens is 300 g/mol. The zero-order valence-electron chi connectivity index (χ0n) is 14.2. The van der Waals surface area contributed by atoms with E-state index in [-0.39, 0.29) is 17.9 Å². The van der Waals surface area contributed by atoms with Gasteiger partial charge in [0.1, 0.15) is 6.04 Å². The van der Waals surface area contributed by atoms with E-state index in [2.05, 4.69) is 11.4 Å². The highest BCUT2D eigenvalue weighted by Crippen LogP contribution is 2.21. The molecule has 1 aromatic carbocycles. The number of nitrogens with zero attached hydrogens (tertiary/aromatic N) is 1. The van der Waals surface area contributed by atoms with E-state index < -0.39 is 0 Å². The number of carbonyl (C=O) groups excluding carboxylic acids is 2. The van der Waals surface area contributed by atoms with Crippen LogP contribution in [0.5, 0.6) is 0 Å². The third-order valence-corrected chi connectivity index (χ3v) is 4.96. The topological polar surface area (TPSA) is 49.4 Å². The monoisotopic (exact) mass is 326 g/mol. The number of piperidine rings is 1. The van der Waals surface area contributed by atoms with Crippen LogP contribution in [0.15, 0.2) is 42.0 Å². The van der Waals surface area contributed by atoms with Crippen molar-refractivity contribution in [2.45, 2.75) is 51.0 Å². The molecule has 2 amide bonds. The van der Waals surface area contributed by atoms with Gasteiger partial charge in [-0.3, -0.25) is 9.59 Å². The van der Waals surface area contributed by atoms with Gasteiger partial charge >= 0.3 is 0 Å². The van der Waals surface area contributed by atoms with Gasteiger partial charge in [-0.2, -0.15) is 0 Å². The van der Waals surface area contributed by atoms with Crippen LogP contribution in [0.25, 0.3) is 0 Å². The summed E-state index contributed by atoms with van der Waals surface area (Å²) in [7, 11) is 0. The summed E-state index contributed by atoms with van der Waals surface area (Å²) in [5, 5.41) is 3.06. The molecule has 128 valence electrons. The quantitative estimate of drug-likeness (QED) is 0.863. The van der Waals surface area contributed by atoms with Gasteiger partial charge in [0.25, 0.3) is 5.91 Å². The van der Waals surface area contributed by atoms with Gasteiger partial charge in [-0.05, 0) is 57.1 Å². The summed E-state index contributed by atoms with van der Waals surface area (Å²) in [6, 6.07) is 8.92. The van der Waals surface area contributed by atoms with Crippen LogP contribution in [0, 0.1) is 0 Å². The smallest absolute Gasteiger partial charge is 0.254 e. The van der Waals surface area contributed by atoms with Crippen molar-refractivity contribution in [1.82, 2.24) is 10.2 Å². The zero-order valence-corrected chi connectivity index (χ0v) is 14.2. The van der Waals surface area contributed by atoms with Crippen molar-refractivity contribution in [1.29, 1.82) is 0 Å². The molecule has 0 aromatic heterocycles. The standard InChI is InChI=1S/C20H26N2O2/c23-19(21-15-16-9-3-1-4-10-16)18-13-7-8-14-22(18)20(24)17-11-5-2-6-12-17/h2,5-6,9,11-12,18H,1,3-4,7-8,10,13-15H2,(H,21,23)/t18-/m0/s1. The lowest BCUT2D eigenvalue weighted by Gasteiger charge is -2.35. The molecule has 3 rings (SSSR count). The van der Waals surface area contributed by atoms with Crippen molar-refractivity contribution in [3.8, 4) is 0 Å². The van der Waals surface area contributed by atoms with E-state index in [1.54, 1.807) is 4.90 Å². The summed E-state index contributed by atoms with van der Waals surface area (Å²) in [5.74, 6) is -0.0437. The summed E-state index contributed by atoms with van der Waals surface area (Å²) < 4.78 is 0. The molecule has 4 nitrogen and oxygen atoms in total. The van der Waals surface area contributed by atoms with Gasteiger partial charge in [0.15, 0.2) is 0 Å². The Balaban J connectivity index is 1.64. The van der Waals surface area contributed by atoms with Crippen LogP contribution in [-0.2, 0) is 4.79 Å². The Morgan fingerprint density at radius 1 is 1.08 bits per heavy atom. The Morgan fingerprint density at radius 2 is 1.92 bits per heavy atom. The summed E-state index contributed by atoms with van der Waals surface area (Å²) in [6.07, 6.45) is 9.63. The molecule has 1 aromatic rings. The van der Waals surface area contributed by atoms with Gasteiger partial charge in [0.05, 0.1) is 0 Å². The second kappa shape index (κ2) is 8.13. The lowest BCUT2D eigenvalue weighted by molar-refractivity contribution is -0.126. The lowest BCUT2D eigenvalue weighted by Crippen LogP contribution is -2.52. The molecule has 4 heteroatoms. The van der Waals surface area contributed by atoms with Crippen LogP contribution < -0.4 is 5.32 Å². The summed E-state index contributed by atoms with van der Waals surface area (Å²) in [5.41, 5.74) is 1.98. The van der Waals surface area contributed by atoms with E-state index in [0.717, 1.165) is 32.1 Å². The normalized spacial score (nSPS) is 21.1. The number of benzene rings is 1. The van der Waals surface area contributed by atoms with Crippen molar-refractivity contribution in [2.75, 3.05) is 13.1 Å². The number of allylic oxidation sites excluding steroid dienone is 1. The third-order valence-electron chi connectivity index (χ3n) is 4.96. The first-order chi connectivity index (χ1) is 11.8. The highest BCUT2D eigenvalue weighted by molar-refractivity contribution is 5.97. The van der Waals surface area contributed by atoms with Gasteiger partial charge < -0.3 is 10.2 Å². The predicted octanol–water partition coefficient (Wildman–Crippen LogP) is 3.30. The van der Waals surface area contributed by atoms with Crippen molar-refractivity contribution >= 4 is 11.8 Å². The molecule has 0 radical (unpaired) electrons. The Bertz CT molecular complexity index is 609. The fraction of sp³-hybridized carbons (Fsp3) is 0.500. The minimum Gasteiger partial charge on any atom is -0.351 e. The summed E-state index contributed by atoms with van der Waals surface area (Å²) >= 11 is 0. The average molecular weight is 326 g/mol. The van der Waals surface area contributed by atoms with Crippen molar-refractivity contribution in [3.05, 3.63) is 47.5 Å². The molecular formula is C20H26N2O2. The Kier molecular flexibility index (Phi) is 5.68. The molecule has 1 aliphatic carbocycles. The van der Waals surface area contributed by atoms with E-state index in [1.807, 2.05) is 30.3 Å². The molecule has 1 aliphatic heterocycles. The molecule has 0 spiro atoms. The van der Waals surface area contributed by atoms with Crippen LogP contribution in [0.2, 0.25) is 0 Å². The summed E-state index contributed by atoms with van der Waals surface area (Å²) in [6.45, 7) is 1.29. The highest BCUT2D eigenvalue weighted by atomic mass is 16.2. The van der Waals surface area contributed by atoms with E-state index in [0.29, 0.717) is 18.7 Å². The molecule has 0 bridgehead atoms. The van der Waals surface area contributed by atoms with Gasteiger partial charge in [-0.15, -0.1) is 0 Å². The second-order valence-corrected chi connectivity index (χ2v) is 6.70. The number of carbonyl (C=O) groups is 2. The van der Waals surface area contributed by atoms with Crippen LogP contribution in [-0.4, -0.2) is 35.8 Å². The van der Waals surface area contributed by atoms with E-state index >= 15 is 0 Å². The van der Waals surface area contributed by atoms with Gasteiger partial charge in [0, 0.05) is 18.7 Å². The first-order valence-electron chi connectivity index (χ1n) is 9.07. The number of hydrogen-bond acceptors (Lipinski definition) is 2. The Labute approximate surface area is 143 Å². The van der Waals surface area contributed by atoms with E-state index in [1.165, 1.54) is 18.4 Å². The molecule has 1 saturated heterocycles. The maximum atomic E-state index is 12.8. The summed E-state index contributed by atoms with van der Waals surface area (Å²) in [4.78, 5) is 27.2. The maximum Gasteiger partial charge on any atom is 0.254 e. The van der Waals surface area contributed by atoms with Gasteiger partial charge in [-0.1, -0.05) is 29.8 Å². The highest BCUT2D eigenvalue weighted by Gasteiger charge is 2.32. The van der Waals surface area contributed by atoms with Gasteiger partial charge in [-0.25, -0.2) is 0 Å². The molecule has 2 aliphatic rings. The Hall–Kier alpha value is -2.10. The van der Waals surface area contributed by atoms with E-state index in [4.69, 9.17) is 0 Å². The third kappa shape index (κ3) is 4.05. The van der Waals surface area contributed by atoms with Crippen LogP contribution in [0.1, 0.15) is 55.3 Å². The number of rotatable bonds is 4. The van der Waals surface area contributed by atoms with Crippen molar-refractivity contribution < 1.29 is 9.59 Å². The van der Waals surface area contributed by atoms with Crippen LogP contribution in [0.3, 0.4) is 0 Å². The molecule has 24 heavy (non-hydrogen) atoms. The predicted molar refractivity (Wildman–Crippen MR) is 94.7 cm³/mol. The number of amides is 2. The lowest BCUT2D eigenvalue weighted by atomic mass is 9.98. The van der Waals surface area contributed by atoms with Gasteiger partial charge in [0.2, 0.25) is 5.91 Å². The van der Waals surface area contributed by atoms with Crippen molar-refractivity contribution in [3.63, 3.8) is 0 Å². The molecule has 1 N–H and O–H groups in total. The first-order valence-corrected chi connectivity index (χ1v) is 9.07. The largest absolute Gasteiger partial charge is 0.351 e. The minimum absolute atomic E-state index is 0.00884. The van der Waals surface area contributed by atoms with Crippen molar-refractivity contribution in [2.24, 2.45) is 0 Å². The molecule has 1 fully saturated rings.